The van der Waals surface area contributed by atoms with Crippen molar-refractivity contribution in [2.75, 3.05) is 6.54 Å². The zero-order chi connectivity index (χ0) is 11.3. The molecular formula is C10H20N4O. The maximum absolute atomic E-state index is 9.72. The molecule has 2 atom stereocenters. The van der Waals surface area contributed by atoms with Gasteiger partial charge in [-0.25, -0.2) is 0 Å². The van der Waals surface area contributed by atoms with Crippen LogP contribution in [0.15, 0.2) is 6.20 Å². The lowest BCUT2D eigenvalue weighted by Crippen LogP contribution is -2.31. The highest BCUT2D eigenvalue weighted by atomic mass is 16.3. The van der Waals surface area contributed by atoms with Gasteiger partial charge >= 0.3 is 0 Å². The smallest absolute Gasteiger partial charge is 0.0738 e. The molecule has 0 aliphatic rings. The van der Waals surface area contributed by atoms with Gasteiger partial charge in [0.1, 0.15) is 0 Å². The van der Waals surface area contributed by atoms with Crippen LogP contribution in [0.5, 0.6) is 0 Å². The highest BCUT2D eigenvalue weighted by Crippen LogP contribution is 2.06. The van der Waals surface area contributed by atoms with Gasteiger partial charge in [-0.1, -0.05) is 25.5 Å². The summed E-state index contributed by atoms with van der Waals surface area (Å²) in [5.74, 6) is 0.335. The van der Waals surface area contributed by atoms with E-state index in [1.165, 1.54) is 0 Å². The van der Waals surface area contributed by atoms with E-state index in [9.17, 15) is 5.11 Å². The molecule has 1 aromatic rings. The van der Waals surface area contributed by atoms with E-state index in [4.69, 9.17) is 0 Å². The van der Waals surface area contributed by atoms with Gasteiger partial charge in [-0.05, 0) is 5.92 Å². The molecule has 1 rings (SSSR count). The molecular weight excluding hydrogens is 192 g/mol. The number of aromatic nitrogens is 3. The van der Waals surface area contributed by atoms with E-state index in [0.717, 1.165) is 12.1 Å². The summed E-state index contributed by atoms with van der Waals surface area (Å²) in [6.45, 7) is 5.44. The number of hydrogen-bond donors (Lipinski definition) is 2. The standard InChI is InChI=1S/C10H20N4O/c1-4-8(2)10(15)7-11-5-9-6-12-13-14(9)3/h6,8,10-11,15H,4-5,7H2,1-3H3. The van der Waals surface area contributed by atoms with Gasteiger partial charge in [0.25, 0.3) is 0 Å². The first-order chi connectivity index (χ1) is 7.15. The van der Waals surface area contributed by atoms with Gasteiger partial charge in [-0.3, -0.25) is 4.68 Å². The first-order valence-electron chi connectivity index (χ1n) is 5.37. The predicted molar refractivity (Wildman–Crippen MR) is 58.2 cm³/mol. The van der Waals surface area contributed by atoms with E-state index in [2.05, 4.69) is 29.5 Å². The van der Waals surface area contributed by atoms with Crippen molar-refractivity contribution in [2.45, 2.75) is 32.9 Å². The number of aliphatic hydroxyl groups is 1. The van der Waals surface area contributed by atoms with Crippen molar-refractivity contribution in [3.8, 4) is 0 Å². The largest absolute Gasteiger partial charge is 0.392 e. The van der Waals surface area contributed by atoms with E-state index in [0.29, 0.717) is 19.0 Å². The zero-order valence-electron chi connectivity index (χ0n) is 9.64. The molecule has 0 aliphatic heterocycles. The summed E-state index contributed by atoms with van der Waals surface area (Å²) in [5, 5.41) is 20.5. The van der Waals surface area contributed by atoms with Crippen LogP contribution in [0, 0.1) is 5.92 Å². The number of rotatable bonds is 6. The van der Waals surface area contributed by atoms with Crippen molar-refractivity contribution in [3.63, 3.8) is 0 Å². The second kappa shape index (κ2) is 5.82. The van der Waals surface area contributed by atoms with Crippen LogP contribution in [-0.2, 0) is 13.6 Å². The first-order valence-corrected chi connectivity index (χ1v) is 5.37. The molecule has 0 aliphatic carbocycles. The summed E-state index contributed by atoms with van der Waals surface area (Å²) in [4.78, 5) is 0. The Bertz CT molecular complexity index is 287. The third kappa shape index (κ3) is 3.60. The normalized spacial score (nSPS) is 15.2. The Hall–Kier alpha value is -0.940. The van der Waals surface area contributed by atoms with Gasteiger partial charge in [0.15, 0.2) is 0 Å². The maximum atomic E-state index is 9.72. The Morgan fingerprint density at radius 2 is 2.33 bits per heavy atom. The van der Waals surface area contributed by atoms with Gasteiger partial charge in [-0.15, -0.1) is 5.10 Å². The molecule has 0 fully saturated rings. The van der Waals surface area contributed by atoms with Crippen LogP contribution in [0.2, 0.25) is 0 Å². The van der Waals surface area contributed by atoms with Gasteiger partial charge in [0.2, 0.25) is 0 Å². The Morgan fingerprint density at radius 3 is 2.87 bits per heavy atom. The summed E-state index contributed by atoms with van der Waals surface area (Å²) >= 11 is 0. The van der Waals surface area contributed by atoms with Crippen LogP contribution in [0.3, 0.4) is 0 Å². The van der Waals surface area contributed by atoms with E-state index in [1.54, 1.807) is 10.9 Å². The summed E-state index contributed by atoms with van der Waals surface area (Å²) in [5.41, 5.74) is 1.02. The Balaban J connectivity index is 2.25. The van der Waals surface area contributed by atoms with E-state index in [1.807, 2.05) is 7.05 Å². The molecule has 15 heavy (non-hydrogen) atoms. The zero-order valence-corrected chi connectivity index (χ0v) is 9.64. The summed E-state index contributed by atoms with van der Waals surface area (Å²) < 4.78 is 1.72. The molecule has 0 amide bonds. The molecule has 2 N–H and O–H groups in total. The van der Waals surface area contributed by atoms with Crippen molar-refractivity contribution >= 4 is 0 Å². The summed E-state index contributed by atoms with van der Waals surface area (Å²) in [7, 11) is 1.86. The topological polar surface area (TPSA) is 63.0 Å². The summed E-state index contributed by atoms with van der Waals surface area (Å²) in [6.07, 6.45) is 2.44. The molecule has 1 aromatic heterocycles. The van der Waals surface area contributed by atoms with Gasteiger partial charge in [-0.2, -0.15) is 0 Å². The highest BCUT2D eigenvalue weighted by Gasteiger charge is 2.11. The Kier molecular flexibility index (Phi) is 4.71. The third-order valence-electron chi connectivity index (χ3n) is 2.77. The highest BCUT2D eigenvalue weighted by molar-refractivity contribution is 4.92. The quantitative estimate of drug-likeness (QED) is 0.712. The van der Waals surface area contributed by atoms with Crippen LogP contribution in [0.4, 0.5) is 0 Å². The molecule has 0 bridgehead atoms. The molecule has 5 nitrogen and oxygen atoms in total. The molecule has 0 radical (unpaired) electrons. The van der Waals surface area contributed by atoms with Crippen LogP contribution < -0.4 is 5.32 Å². The fourth-order valence-electron chi connectivity index (χ4n) is 1.29. The van der Waals surface area contributed by atoms with Crippen molar-refractivity contribution in [3.05, 3.63) is 11.9 Å². The lowest BCUT2D eigenvalue weighted by atomic mass is 10.0. The molecule has 86 valence electrons. The third-order valence-corrected chi connectivity index (χ3v) is 2.77. The Morgan fingerprint density at radius 1 is 1.60 bits per heavy atom. The molecule has 0 aromatic carbocycles. The van der Waals surface area contributed by atoms with Crippen molar-refractivity contribution in [1.82, 2.24) is 20.3 Å². The minimum absolute atomic E-state index is 0.281. The molecule has 0 spiro atoms. The lowest BCUT2D eigenvalue weighted by Gasteiger charge is -2.17. The molecule has 1 heterocycles. The average Bonchev–Trinajstić information content (AvgIpc) is 2.63. The maximum Gasteiger partial charge on any atom is 0.0738 e. The molecule has 0 saturated carbocycles. The number of nitrogens with zero attached hydrogens (tertiary/aromatic N) is 3. The Labute approximate surface area is 90.5 Å². The molecule has 5 heteroatoms. The number of nitrogens with one attached hydrogen (secondary N) is 1. The monoisotopic (exact) mass is 212 g/mol. The number of hydrogen-bond acceptors (Lipinski definition) is 4. The van der Waals surface area contributed by atoms with Crippen molar-refractivity contribution in [1.29, 1.82) is 0 Å². The van der Waals surface area contributed by atoms with E-state index in [-0.39, 0.29) is 6.10 Å². The van der Waals surface area contributed by atoms with E-state index >= 15 is 0 Å². The average molecular weight is 212 g/mol. The first kappa shape index (κ1) is 12.1. The second-order valence-corrected chi connectivity index (χ2v) is 3.93. The second-order valence-electron chi connectivity index (χ2n) is 3.93. The number of aliphatic hydroxyl groups excluding tert-OH is 1. The molecule has 2 unspecified atom stereocenters. The predicted octanol–water partition coefficient (Wildman–Crippen LogP) is 0.312. The molecule has 0 saturated heterocycles. The van der Waals surface area contributed by atoms with Crippen molar-refractivity contribution in [2.24, 2.45) is 13.0 Å². The van der Waals surface area contributed by atoms with Crippen LogP contribution >= 0.6 is 0 Å². The number of aryl methyl sites for hydroxylation is 1. The van der Waals surface area contributed by atoms with Crippen LogP contribution in [0.25, 0.3) is 0 Å². The minimum Gasteiger partial charge on any atom is -0.392 e. The minimum atomic E-state index is -0.281. The van der Waals surface area contributed by atoms with Gasteiger partial charge < -0.3 is 10.4 Å². The van der Waals surface area contributed by atoms with Gasteiger partial charge in [0.05, 0.1) is 18.0 Å². The fourth-order valence-corrected chi connectivity index (χ4v) is 1.29. The lowest BCUT2D eigenvalue weighted by molar-refractivity contribution is 0.112. The van der Waals surface area contributed by atoms with E-state index < -0.39 is 0 Å². The van der Waals surface area contributed by atoms with Crippen molar-refractivity contribution < 1.29 is 5.11 Å². The van der Waals surface area contributed by atoms with Gasteiger partial charge in [0, 0.05) is 20.1 Å². The van der Waals surface area contributed by atoms with Crippen LogP contribution in [-0.4, -0.2) is 32.7 Å². The summed E-state index contributed by atoms with van der Waals surface area (Å²) in [6, 6.07) is 0. The SMILES string of the molecule is CCC(C)C(O)CNCc1cnnn1C. The fraction of sp³-hybridized carbons (Fsp3) is 0.800. The van der Waals surface area contributed by atoms with Crippen LogP contribution in [0.1, 0.15) is 26.0 Å².